The van der Waals surface area contributed by atoms with E-state index in [2.05, 4.69) is 139 Å². The Balaban J connectivity index is 1.60. The van der Waals surface area contributed by atoms with Crippen molar-refractivity contribution in [1.29, 1.82) is 0 Å². The van der Waals surface area contributed by atoms with Gasteiger partial charge in [0.15, 0.2) is 0 Å². The average Bonchev–Trinajstić information content (AvgIpc) is 3.49. The van der Waals surface area contributed by atoms with Crippen LogP contribution >= 0.6 is 0 Å². The fraction of sp³-hybridized carbons (Fsp3) is 0.206. The van der Waals surface area contributed by atoms with Crippen LogP contribution in [0.2, 0.25) is 0 Å². The number of hydrogen-bond acceptors (Lipinski definition) is 1. The van der Waals surface area contributed by atoms with E-state index in [-0.39, 0.29) is 6.98 Å². The van der Waals surface area contributed by atoms with E-state index >= 15 is 0 Å². The van der Waals surface area contributed by atoms with Crippen LogP contribution in [0.1, 0.15) is 36.1 Å². The number of aryl methyl sites for hydroxylation is 2. The molecule has 5 aromatic rings. The molecule has 0 aliphatic carbocycles. The summed E-state index contributed by atoms with van der Waals surface area (Å²) in [5, 5.41) is 0. The predicted molar refractivity (Wildman–Crippen MR) is 158 cm³/mol. The number of aromatic nitrogens is 2. The molecule has 0 radical (unpaired) electrons. The molecule has 4 aromatic carbocycles. The van der Waals surface area contributed by atoms with Gasteiger partial charge in [0.25, 0.3) is 5.82 Å². The largest absolute Gasteiger partial charge is 0.542 e. The van der Waals surface area contributed by atoms with Gasteiger partial charge in [-0.05, 0) is 54.5 Å². The van der Waals surface area contributed by atoms with E-state index in [0.717, 1.165) is 13.0 Å². The minimum absolute atomic E-state index is 0.0177. The number of benzene rings is 4. The Morgan fingerprint density at radius 1 is 0.842 bits per heavy atom. The average molecular weight is 494 g/mol. The quantitative estimate of drug-likeness (QED) is 0.244. The number of hydrogen-bond donors (Lipinski definition) is 0. The molecule has 0 atom stereocenters. The van der Waals surface area contributed by atoms with Gasteiger partial charge < -0.3 is 4.81 Å². The molecule has 0 bridgehead atoms. The van der Waals surface area contributed by atoms with Gasteiger partial charge in [-0.15, -0.1) is 0 Å². The molecule has 0 amide bonds. The smallest absolute Gasteiger partial charge is 0.338 e. The second-order valence-corrected chi connectivity index (χ2v) is 11.3. The lowest BCUT2D eigenvalue weighted by Crippen LogP contribution is -2.70. The summed E-state index contributed by atoms with van der Waals surface area (Å²) in [6.45, 7) is 10.1. The zero-order valence-electron chi connectivity index (χ0n) is 22.6. The first kappa shape index (κ1) is 23.1. The molecule has 0 fully saturated rings. The summed E-state index contributed by atoms with van der Waals surface area (Å²) in [5.74, 6) is 1.87. The van der Waals surface area contributed by atoms with E-state index in [1.165, 1.54) is 61.6 Å². The highest BCUT2D eigenvalue weighted by Gasteiger charge is 2.50. The Bertz CT molecular complexity index is 1660. The third kappa shape index (κ3) is 3.40. The number of anilines is 2. The summed E-state index contributed by atoms with van der Waals surface area (Å²) >= 11 is 0. The number of para-hydroxylation sites is 1. The van der Waals surface area contributed by atoms with Gasteiger partial charge in [0, 0.05) is 28.0 Å². The molecule has 2 aliphatic rings. The molecule has 4 heteroatoms. The molecule has 7 rings (SSSR count). The zero-order valence-corrected chi connectivity index (χ0v) is 22.6. The number of rotatable bonds is 5. The van der Waals surface area contributed by atoms with Gasteiger partial charge in [-0.25, -0.2) is 4.57 Å². The van der Waals surface area contributed by atoms with Crippen LogP contribution in [-0.4, -0.2) is 11.5 Å². The SMILES string of the molecule is Cc1cccc(C)c1B1N(c2c(CC(C)C)cccc2-c2ccccc2)c2cccc3c2-c2n(cc[n+]21)C3. The monoisotopic (exact) mass is 494 g/mol. The second kappa shape index (κ2) is 8.77. The normalized spacial score (nSPS) is 13.4. The van der Waals surface area contributed by atoms with Crippen LogP contribution < -0.4 is 14.8 Å². The van der Waals surface area contributed by atoms with Gasteiger partial charge in [0.2, 0.25) is 0 Å². The molecule has 2 aliphatic heterocycles. The van der Waals surface area contributed by atoms with Crippen LogP contribution in [0.15, 0.2) is 97.3 Å². The number of nitrogens with zero attached hydrogens (tertiary/aromatic N) is 3. The van der Waals surface area contributed by atoms with Gasteiger partial charge in [-0.2, -0.15) is 0 Å². The lowest BCUT2D eigenvalue weighted by Gasteiger charge is -2.37. The molecule has 38 heavy (non-hydrogen) atoms. The van der Waals surface area contributed by atoms with Crippen molar-refractivity contribution in [1.82, 2.24) is 4.57 Å². The van der Waals surface area contributed by atoms with Crippen molar-refractivity contribution in [2.45, 2.75) is 40.7 Å². The van der Waals surface area contributed by atoms with Crippen molar-refractivity contribution < 1.29 is 4.48 Å². The molecule has 3 heterocycles. The maximum Gasteiger partial charge on any atom is 0.542 e. The molecule has 0 N–H and O–H groups in total. The molecule has 0 unspecified atom stereocenters. The lowest BCUT2D eigenvalue weighted by molar-refractivity contribution is -0.523. The Kier molecular flexibility index (Phi) is 5.33. The van der Waals surface area contributed by atoms with Crippen LogP contribution in [0.4, 0.5) is 11.4 Å². The van der Waals surface area contributed by atoms with Crippen molar-refractivity contribution in [3.05, 3.63) is 120 Å². The van der Waals surface area contributed by atoms with E-state index in [1.807, 2.05) is 0 Å². The third-order valence-corrected chi connectivity index (χ3v) is 8.26. The van der Waals surface area contributed by atoms with E-state index in [0.29, 0.717) is 5.92 Å². The van der Waals surface area contributed by atoms with Crippen LogP contribution in [-0.2, 0) is 13.0 Å². The highest BCUT2D eigenvalue weighted by molar-refractivity contribution is 6.72. The topological polar surface area (TPSA) is 12.1 Å². The van der Waals surface area contributed by atoms with E-state index < -0.39 is 0 Å². The molecule has 0 saturated carbocycles. The first-order valence-corrected chi connectivity index (χ1v) is 13.8. The maximum atomic E-state index is 2.66. The van der Waals surface area contributed by atoms with Gasteiger partial charge in [0.05, 0.1) is 5.56 Å². The molecule has 1 aromatic heterocycles. The first-order chi connectivity index (χ1) is 18.5. The van der Waals surface area contributed by atoms with Crippen molar-refractivity contribution in [3.63, 3.8) is 0 Å². The number of imidazole rings is 1. The summed E-state index contributed by atoms with van der Waals surface area (Å²) in [5.41, 5.74) is 13.4. The molecular weight excluding hydrogens is 461 g/mol. The van der Waals surface area contributed by atoms with E-state index in [1.54, 1.807) is 0 Å². The third-order valence-electron chi connectivity index (χ3n) is 8.26. The minimum Gasteiger partial charge on any atom is -0.338 e. The van der Waals surface area contributed by atoms with E-state index in [4.69, 9.17) is 0 Å². The van der Waals surface area contributed by atoms with Crippen molar-refractivity contribution in [2.24, 2.45) is 5.92 Å². The molecule has 3 nitrogen and oxygen atoms in total. The lowest BCUT2D eigenvalue weighted by atomic mass is 9.59. The molecular formula is C34H33BN3+. The van der Waals surface area contributed by atoms with Crippen molar-refractivity contribution >= 4 is 23.8 Å². The fourth-order valence-corrected chi connectivity index (χ4v) is 6.73. The zero-order chi connectivity index (χ0) is 26.0. The van der Waals surface area contributed by atoms with Gasteiger partial charge in [-0.3, -0.25) is 4.48 Å². The summed E-state index contributed by atoms with van der Waals surface area (Å²) in [6, 6.07) is 31.4. The minimum atomic E-state index is 0.0177. The Morgan fingerprint density at radius 3 is 2.34 bits per heavy atom. The van der Waals surface area contributed by atoms with Gasteiger partial charge in [-0.1, -0.05) is 92.7 Å². The highest BCUT2D eigenvalue weighted by atomic mass is 15.3. The second-order valence-electron chi connectivity index (χ2n) is 11.3. The van der Waals surface area contributed by atoms with Crippen LogP contribution in [0.3, 0.4) is 0 Å². The van der Waals surface area contributed by atoms with Crippen molar-refractivity contribution in [3.8, 4) is 22.5 Å². The van der Waals surface area contributed by atoms with Crippen molar-refractivity contribution in [2.75, 3.05) is 4.81 Å². The van der Waals surface area contributed by atoms with Crippen LogP contribution in [0.5, 0.6) is 0 Å². The van der Waals surface area contributed by atoms with E-state index in [9.17, 15) is 0 Å². The Morgan fingerprint density at radius 2 is 1.58 bits per heavy atom. The first-order valence-electron chi connectivity index (χ1n) is 13.8. The standard InChI is InChI=1S/C34H33BN3/c1-23(2)21-27-15-9-17-29(26-13-6-5-7-14-26)33(27)38-30-18-10-16-28-22-36-19-20-37(34(36)31(28)30)35(38)32-24(3)11-8-12-25(32)4/h5-20,23H,21-22H2,1-4H3/q+1. The van der Waals surface area contributed by atoms with Crippen LogP contribution in [0, 0.1) is 19.8 Å². The fourth-order valence-electron chi connectivity index (χ4n) is 6.73. The van der Waals surface area contributed by atoms with Gasteiger partial charge >= 0.3 is 6.98 Å². The highest BCUT2D eigenvalue weighted by Crippen LogP contribution is 2.47. The molecule has 186 valence electrons. The van der Waals surface area contributed by atoms with Crippen LogP contribution in [0.25, 0.3) is 22.5 Å². The summed E-state index contributed by atoms with van der Waals surface area (Å²) in [7, 11) is 0. The Labute approximate surface area is 226 Å². The molecule has 0 saturated heterocycles. The summed E-state index contributed by atoms with van der Waals surface area (Å²) < 4.78 is 4.94. The molecule has 0 spiro atoms. The summed E-state index contributed by atoms with van der Waals surface area (Å²) in [6.07, 6.45) is 5.59. The predicted octanol–water partition coefficient (Wildman–Crippen LogP) is 6.68. The Hall–Kier alpha value is -4.05. The summed E-state index contributed by atoms with van der Waals surface area (Å²) in [4.78, 5) is 2.66. The van der Waals surface area contributed by atoms with Gasteiger partial charge in [0.1, 0.15) is 18.9 Å². The maximum absolute atomic E-state index is 2.66.